The summed E-state index contributed by atoms with van der Waals surface area (Å²) in [6, 6.07) is 15.5. The number of aryl methyl sites for hydroxylation is 1. The van der Waals surface area contributed by atoms with Gasteiger partial charge in [0.1, 0.15) is 0 Å². The molecule has 0 amide bonds. The third kappa shape index (κ3) is 2.24. The maximum absolute atomic E-state index is 6.04. The van der Waals surface area contributed by atoms with Gasteiger partial charge in [0.2, 0.25) is 0 Å². The Hall–Kier alpha value is -1.73. The van der Waals surface area contributed by atoms with Crippen molar-refractivity contribution in [2.75, 3.05) is 5.32 Å². The van der Waals surface area contributed by atoms with E-state index < -0.39 is 0 Å². The van der Waals surface area contributed by atoms with Crippen molar-refractivity contribution in [1.82, 2.24) is 0 Å². The standard InChI is InChI=1S/C20H20ClN/c1-2-13-6-11-19-18(12-13)16-4-3-5-17(16)20(22-19)14-7-9-15(21)10-8-14/h3-4,6-12,16-17,20,22H,2,5H2,1H3/t16-,17+,20-/m1/s1. The fourth-order valence-corrected chi connectivity index (χ4v) is 3.99. The molecule has 112 valence electrons. The minimum absolute atomic E-state index is 0.359. The molecule has 2 aliphatic rings. The largest absolute Gasteiger partial charge is 0.378 e. The molecule has 1 nitrogen and oxygen atoms in total. The van der Waals surface area contributed by atoms with E-state index in [1.807, 2.05) is 12.1 Å². The van der Waals surface area contributed by atoms with Crippen molar-refractivity contribution < 1.29 is 0 Å². The Labute approximate surface area is 137 Å². The second-order valence-electron chi connectivity index (χ2n) is 6.30. The van der Waals surface area contributed by atoms with Crippen LogP contribution >= 0.6 is 11.6 Å². The smallest absolute Gasteiger partial charge is 0.0553 e. The van der Waals surface area contributed by atoms with Gasteiger partial charge in [0.25, 0.3) is 0 Å². The molecule has 22 heavy (non-hydrogen) atoms. The van der Waals surface area contributed by atoms with E-state index in [0.717, 1.165) is 17.9 Å². The highest BCUT2D eigenvalue weighted by Gasteiger charge is 2.37. The summed E-state index contributed by atoms with van der Waals surface area (Å²) >= 11 is 6.04. The average Bonchev–Trinajstić information content (AvgIpc) is 3.04. The number of allylic oxidation sites excluding steroid dienone is 2. The van der Waals surface area contributed by atoms with Gasteiger partial charge in [-0.1, -0.05) is 54.9 Å². The van der Waals surface area contributed by atoms with Gasteiger partial charge in [-0.15, -0.1) is 0 Å². The number of hydrogen-bond donors (Lipinski definition) is 1. The lowest BCUT2D eigenvalue weighted by molar-refractivity contribution is 0.425. The molecule has 1 aliphatic heterocycles. The summed E-state index contributed by atoms with van der Waals surface area (Å²) in [7, 11) is 0. The maximum atomic E-state index is 6.04. The quantitative estimate of drug-likeness (QED) is 0.699. The lowest BCUT2D eigenvalue weighted by atomic mass is 9.76. The molecule has 4 rings (SSSR count). The molecule has 2 heteroatoms. The predicted octanol–water partition coefficient (Wildman–Crippen LogP) is 5.73. The number of benzene rings is 2. The highest BCUT2D eigenvalue weighted by atomic mass is 35.5. The molecule has 2 aromatic carbocycles. The SMILES string of the molecule is CCc1ccc2c(c1)[C@@H]1C=CC[C@@H]1[C@@H](c1ccc(Cl)cc1)N2. The molecule has 0 bridgehead atoms. The van der Waals surface area contributed by atoms with Gasteiger partial charge < -0.3 is 5.32 Å². The van der Waals surface area contributed by atoms with Gasteiger partial charge in [0.05, 0.1) is 6.04 Å². The number of halogens is 1. The Morgan fingerprint density at radius 3 is 2.73 bits per heavy atom. The first-order valence-electron chi connectivity index (χ1n) is 8.07. The van der Waals surface area contributed by atoms with E-state index in [4.69, 9.17) is 11.6 Å². The molecule has 0 saturated carbocycles. The maximum Gasteiger partial charge on any atom is 0.0553 e. The van der Waals surface area contributed by atoms with Crippen molar-refractivity contribution in [2.24, 2.45) is 5.92 Å². The van der Waals surface area contributed by atoms with Crippen molar-refractivity contribution in [3.05, 3.63) is 76.3 Å². The van der Waals surface area contributed by atoms with Gasteiger partial charge in [-0.3, -0.25) is 0 Å². The van der Waals surface area contributed by atoms with Crippen molar-refractivity contribution >= 4 is 17.3 Å². The molecular weight excluding hydrogens is 290 g/mol. The Balaban J connectivity index is 1.76. The third-order valence-corrected chi connectivity index (χ3v) is 5.32. The predicted molar refractivity (Wildman–Crippen MR) is 93.6 cm³/mol. The van der Waals surface area contributed by atoms with E-state index in [1.54, 1.807) is 0 Å². The summed E-state index contributed by atoms with van der Waals surface area (Å²) in [5.41, 5.74) is 5.49. The van der Waals surface area contributed by atoms with E-state index in [9.17, 15) is 0 Å². The van der Waals surface area contributed by atoms with E-state index in [1.165, 1.54) is 22.4 Å². The van der Waals surface area contributed by atoms with Crippen molar-refractivity contribution in [3.8, 4) is 0 Å². The fourth-order valence-electron chi connectivity index (χ4n) is 3.86. The number of anilines is 1. The van der Waals surface area contributed by atoms with Crippen LogP contribution in [0.2, 0.25) is 5.02 Å². The molecule has 0 aromatic heterocycles. The zero-order valence-electron chi connectivity index (χ0n) is 12.7. The van der Waals surface area contributed by atoms with E-state index in [2.05, 4.69) is 54.7 Å². The van der Waals surface area contributed by atoms with E-state index in [0.29, 0.717) is 17.9 Å². The molecule has 1 N–H and O–H groups in total. The minimum Gasteiger partial charge on any atom is -0.378 e. The average molecular weight is 310 g/mol. The molecule has 1 aliphatic carbocycles. The van der Waals surface area contributed by atoms with Gasteiger partial charge in [0.15, 0.2) is 0 Å². The summed E-state index contributed by atoms with van der Waals surface area (Å²) < 4.78 is 0. The number of rotatable bonds is 2. The van der Waals surface area contributed by atoms with Gasteiger partial charge in [-0.25, -0.2) is 0 Å². The topological polar surface area (TPSA) is 12.0 Å². The first-order chi connectivity index (χ1) is 10.8. The first kappa shape index (κ1) is 13.9. The lowest BCUT2D eigenvalue weighted by Gasteiger charge is -2.37. The first-order valence-corrected chi connectivity index (χ1v) is 8.45. The van der Waals surface area contributed by atoms with Gasteiger partial charge in [0, 0.05) is 16.6 Å². The van der Waals surface area contributed by atoms with Gasteiger partial charge in [-0.05, 0) is 53.6 Å². The van der Waals surface area contributed by atoms with Crippen LogP contribution in [0.15, 0.2) is 54.6 Å². The van der Waals surface area contributed by atoms with E-state index >= 15 is 0 Å². The molecule has 0 radical (unpaired) electrons. The normalized spacial score (nSPS) is 25.5. The molecule has 0 fully saturated rings. The molecule has 3 atom stereocenters. The van der Waals surface area contributed by atoms with Crippen LogP contribution in [0.3, 0.4) is 0 Å². The van der Waals surface area contributed by atoms with Crippen LogP contribution in [0.25, 0.3) is 0 Å². The molecule has 0 unspecified atom stereocenters. The van der Waals surface area contributed by atoms with Crippen LogP contribution in [-0.2, 0) is 6.42 Å². The second-order valence-corrected chi connectivity index (χ2v) is 6.74. The third-order valence-electron chi connectivity index (χ3n) is 5.06. The van der Waals surface area contributed by atoms with Crippen LogP contribution in [0, 0.1) is 5.92 Å². The monoisotopic (exact) mass is 309 g/mol. The molecule has 2 aromatic rings. The Kier molecular flexibility index (Phi) is 3.46. The summed E-state index contributed by atoms with van der Waals surface area (Å²) in [6.07, 6.45) is 6.97. The Bertz CT molecular complexity index is 717. The van der Waals surface area contributed by atoms with Gasteiger partial charge in [-0.2, -0.15) is 0 Å². The van der Waals surface area contributed by atoms with Crippen molar-refractivity contribution in [1.29, 1.82) is 0 Å². The highest BCUT2D eigenvalue weighted by Crippen LogP contribution is 2.49. The molecular formula is C20H20ClN. The fraction of sp³-hybridized carbons (Fsp3) is 0.300. The second kappa shape index (κ2) is 5.48. The van der Waals surface area contributed by atoms with Crippen molar-refractivity contribution in [2.45, 2.75) is 31.7 Å². The zero-order valence-corrected chi connectivity index (χ0v) is 13.5. The van der Waals surface area contributed by atoms with E-state index in [-0.39, 0.29) is 0 Å². The van der Waals surface area contributed by atoms with Crippen LogP contribution in [0.5, 0.6) is 0 Å². The van der Waals surface area contributed by atoms with Crippen LogP contribution in [0.1, 0.15) is 42.0 Å². The highest BCUT2D eigenvalue weighted by molar-refractivity contribution is 6.30. The Morgan fingerprint density at radius 1 is 1.14 bits per heavy atom. The summed E-state index contributed by atoms with van der Waals surface area (Å²) in [4.78, 5) is 0. The number of hydrogen-bond acceptors (Lipinski definition) is 1. The minimum atomic E-state index is 0.359. The van der Waals surface area contributed by atoms with Gasteiger partial charge >= 0.3 is 0 Å². The lowest BCUT2D eigenvalue weighted by Crippen LogP contribution is -2.29. The number of fused-ring (bicyclic) bond motifs is 3. The molecule has 1 heterocycles. The molecule has 0 saturated heterocycles. The van der Waals surface area contributed by atoms with Crippen LogP contribution < -0.4 is 5.32 Å². The summed E-state index contributed by atoms with van der Waals surface area (Å²) in [5, 5.41) is 4.57. The van der Waals surface area contributed by atoms with Crippen LogP contribution in [-0.4, -0.2) is 0 Å². The number of nitrogens with one attached hydrogen (secondary N) is 1. The van der Waals surface area contributed by atoms with Crippen LogP contribution in [0.4, 0.5) is 5.69 Å². The summed E-state index contributed by atoms with van der Waals surface area (Å²) in [5.74, 6) is 1.13. The summed E-state index contributed by atoms with van der Waals surface area (Å²) in [6.45, 7) is 2.22. The zero-order chi connectivity index (χ0) is 15.1. The Morgan fingerprint density at radius 2 is 1.95 bits per heavy atom. The van der Waals surface area contributed by atoms with Crippen molar-refractivity contribution in [3.63, 3.8) is 0 Å². The molecule has 0 spiro atoms.